The molecule has 0 aliphatic heterocycles. The molecule has 1 aromatic carbocycles. The molecule has 0 aliphatic rings. The van der Waals surface area contributed by atoms with Crippen LogP contribution in [0.3, 0.4) is 0 Å². The van der Waals surface area contributed by atoms with Crippen molar-refractivity contribution in [3.63, 3.8) is 0 Å². The molecule has 1 rings (SSSR count). The number of hydrogen-bond acceptors (Lipinski definition) is 1. The van der Waals surface area contributed by atoms with Gasteiger partial charge in [-0.2, -0.15) is 13.2 Å². The molecule has 0 aromatic heterocycles. The Bertz CT molecular complexity index is 280. The molecular formula is C8H11BF4O3. The van der Waals surface area contributed by atoms with Gasteiger partial charge in [-0.1, -0.05) is 30.3 Å². The summed E-state index contributed by atoms with van der Waals surface area (Å²) in [5.74, 6) is 0. The van der Waals surface area contributed by atoms with Crippen LogP contribution in [0.15, 0.2) is 30.3 Å². The van der Waals surface area contributed by atoms with Crippen LogP contribution in [0.4, 0.5) is 17.5 Å². The van der Waals surface area contributed by atoms with Crippen molar-refractivity contribution in [2.75, 3.05) is 6.61 Å². The first kappa shape index (κ1) is 17.3. The van der Waals surface area contributed by atoms with Gasteiger partial charge < -0.3 is 15.6 Å². The molecule has 3 nitrogen and oxygen atoms in total. The number of benzene rings is 1. The summed E-state index contributed by atoms with van der Waals surface area (Å²) in [6.07, 6.45) is -4.50. The van der Waals surface area contributed by atoms with Gasteiger partial charge in [-0.15, -0.1) is 0 Å². The predicted molar refractivity (Wildman–Crippen MR) is 52.2 cm³/mol. The van der Waals surface area contributed by atoms with Gasteiger partial charge in [0.05, 0.1) is 0 Å². The summed E-state index contributed by atoms with van der Waals surface area (Å²) in [6.45, 7) is -1.58. The average Bonchev–Trinajstić information content (AvgIpc) is 2.14. The summed E-state index contributed by atoms with van der Waals surface area (Å²) < 4.78 is 51.9. The second kappa shape index (κ2) is 7.21. The number of alkyl halides is 3. The zero-order valence-electron chi connectivity index (χ0n) is 8.09. The fraction of sp³-hybridized carbons (Fsp3) is 0.250. The second-order valence-electron chi connectivity index (χ2n) is 2.65. The number of rotatable bonds is 3. The van der Waals surface area contributed by atoms with Crippen molar-refractivity contribution in [1.29, 1.82) is 0 Å². The summed E-state index contributed by atoms with van der Waals surface area (Å²) in [7, 11) is -2.03. The van der Waals surface area contributed by atoms with Gasteiger partial charge in [0.15, 0.2) is 0 Å². The van der Waals surface area contributed by atoms with Gasteiger partial charge in [0.1, 0.15) is 6.61 Å². The van der Waals surface area contributed by atoms with E-state index in [4.69, 9.17) is 0 Å². The van der Waals surface area contributed by atoms with Crippen molar-refractivity contribution < 1.29 is 33.1 Å². The second-order valence-corrected chi connectivity index (χ2v) is 2.65. The highest BCUT2D eigenvalue weighted by molar-refractivity contribution is 6.60. The number of hydrogen-bond donors (Lipinski definition) is 0. The molecule has 0 unspecified atom stereocenters. The van der Waals surface area contributed by atoms with Crippen LogP contribution in [0.5, 0.6) is 0 Å². The fourth-order valence-electron chi connectivity index (χ4n) is 0.868. The van der Waals surface area contributed by atoms with Crippen molar-refractivity contribution in [2.45, 2.75) is 6.18 Å². The minimum Gasteiger partial charge on any atom is -0.412 e. The van der Waals surface area contributed by atoms with E-state index < -0.39 is 20.0 Å². The molecule has 0 spiro atoms. The first-order valence-corrected chi connectivity index (χ1v) is 3.86. The SMILES string of the molecule is FB(OCC(F)(F)F)c1ccccc1.O.O. The Morgan fingerprint density at radius 3 is 2.00 bits per heavy atom. The Labute approximate surface area is 89.8 Å². The number of halogens is 4. The maximum Gasteiger partial charge on any atom is 0.534 e. The summed E-state index contributed by atoms with van der Waals surface area (Å²) in [5.41, 5.74) is 0.0803. The van der Waals surface area contributed by atoms with Gasteiger partial charge in [-0.3, -0.25) is 4.32 Å². The molecule has 4 N–H and O–H groups in total. The third-order valence-electron chi connectivity index (χ3n) is 1.45. The van der Waals surface area contributed by atoms with Crippen LogP contribution in [0.25, 0.3) is 0 Å². The van der Waals surface area contributed by atoms with Crippen LogP contribution >= 0.6 is 0 Å². The van der Waals surface area contributed by atoms with Gasteiger partial charge in [0, 0.05) is 0 Å². The molecule has 92 valence electrons. The minimum atomic E-state index is -4.50. The molecular weight excluding hydrogens is 231 g/mol. The fourth-order valence-corrected chi connectivity index (χ4v) is 0.868. The third kappa shape index (κ3) is 6.38. The summed E-state index contributed by atoms with van der Waals surface area (Å²) in [5, 5.41) is 0. The molecule has 0 bridgehead atoms. The highest BCUT2D eigenvalue weighted by Gasteiger charge is 2.31. The molecule has 0 aliphatic carbocycles. The maximum absolute atomic E-state index is 12.9. The molecule has 0 radical (unpaired) electrons. The van der Waals surface area contributed by atoms with Gasteiger partial charge in [0.2, 0.25) is 0 Å². The van der Waals surface area contributed by atoms with Crippen LogP contribution in [-0.2, 0) is 4.65 Å². The molecule has 1 aromatic rings. The zero-order chi connectivity index (χ0) is 10.6. The van der Waals surface area contributed by atoms with E-state index in [1.807, 2.05) is 0 Å². The lowest BCUT2D eigenvalue weighted by Crippen LogP contribution is -2.33. The first-order chi connectivity index (χ1) is 6.49. The Morgan fingerprint density at radius 2 is 1.56 bits per heavy atom. The van der Waals surface area contributed by atoms with Crippen LogP contribution in [0.2, 0.25) is 0 Å². The molecule has 0 fully saturated rings. The third-order valence-corrected chi connectivity index (χ3v) is 1.45. The standard InChI is InChI=1S/C8H7BF4O.2H2O/c10-8(11,12)6-14-9(13)7-4-2-1-3-5-7;;/h1-5H,6H2;2*1H2. The summed E-state index contributed by atoms with van der Waals surface area (Å²) in [4.78, 5) is 0. The van der Waals surface area contributed by atoms with Crippen molar-refractivity contribution in [1.82, 2.24) is 0 Å². The van der Waals surface area contributed by atoms with E-state index in [2.05, 4.69) is 4.65 Å². The van der Waals surface area contributed by atoms with E-state index >= 15 is 0 Å². The van der Waals surface area contributed by atoms with Crippen molar-refractivity contribution in [2.24, 2.45) is 0 Å². The van der Waals surface area contributed by atoms with Crippen LogP contribution in [-0.4, -0.2) is 30.9 Å². The van der Waals surface area contributed by atoms with Gasteiger partial charge in [-0.25, -0.2) is 0 Å². The minimum absolute atomic E-state index is 0. The van der Waals surface area contributed by atoms with E-state index in [0.29, 0.717) is 0 Å². The molecule has 0 atom stereocenters. The van der Waals surface area contributed by atoms with Crippen LogP contribution in [0, 0.1) is 0 Å². The zero-order valence-corrected chi connectivity index (χ0v) is 8.09. The lowest BCUT2D eigenvalue weighted by molar-refractivity contribution is -0.155. The largest absolute Gasteiger partial charge is 0.534 e. The predicted octanol–water partition coefficient (Wildman–Crippen LogP) is 0.281. The molecule has 0 amide bonds. The van der Waals surface area contributed by atoms with Crippen LogP contribution in [0.1, 0.15) is 0 Å². The van der Waals surface area contributed by atoms with E-state index in [1.54, 1.807) is 6.07 Å². The van der Waals surface area contributed by atoms with Gasteiger partial charge in [0.25, 0.3) is 0 Å². The monoisotopic (exact) mass is 242 g/mol. The topological polar surface area (TPSA) is 72.2 Å². The Hall–Kier alpha value is -1.12. The van der Waals surface area contributed by atoms with Crippen molar-refractivity contribution in [3.8, 4) is 0 Å². The highest BCUT2D eigenvalue weighted by Crippen LogP contribution is 2.14. The average molecular weight is 242 g/mol. The van der Waals surface area contributed by atoms with E-state index in [1.165, 1.54) is 24.3 Å². The van der Waals surface area contributed by atoms with E-state index in [9.17, 15) is 17.5 Å². The molecule has 8 heteroatoms. The van der Waals surface area contributed by atoms with Crippen LogP contribution < -0.4 is 5.46 Å². The summed E-state index contributed by atoms with van der Waals surface area (Å²) >= 11 is 0. The van der Waals surface area contributed by atoms with Crippen molar-refractivity contribution in [3.05, 3.63) is 30.3 Å². The lowest BCUT2D eigenvalue weighted by Gasteiger charge is -2.08. The van der Waals surface area contributed by atoms with Gasteiger partial charge >= 0.3 is 13.4 Å². The summed E-state index contributed by atoms with van der Waals surface area (Å²) in [6, 6.07) is 7.42. The molecule has 0 saturated heterocycles. The van der Waals surface area contributed by atoms with E-state index in [0.717, 1.165) is 0 Å². The quantitative estimate of drug-likeness (QED) is 0.554. The first-order valence-electron chi connectivity index (χ1n) is 3.86. The Kier molecular flexibility index (Phi) is 7.79. The Balaban J connectivity index is 0. The lowest BCUT2D eigenvalue weighted by atomic mass is 9.83. The Morgan fingerprint density at radius 1 is 1.06 bits per heavy atom. The maximum atomic E-state index is 12.9. The molecule has 16 heavy (non-hydrogen) atoms. The smallest absolute Gasteiger partial charge is 0.412 e. The van der Waals surface area contributed by atoms with Gasteiger partial charge in [-0.05, 0) is 5.46 Å². The normalized spacial score (nSPS) is 10.0. The van der Waals surface area contributed by atoms with E-state index in [-0.39, 0.29) is 16.4 Å². The molecule has 0 heterocycles. The molecule has 0 saturated carbocycles. The highest BCUT2D eigenvalue weighted by atomic mass is 19.4. The van der Waals surface area contributed by atoms with Crippen molar-refractivity contribution >= 4 is 12.7 Å².